The fourth-order valence-corrected chi connectivity index (χ4v) is 2.98. The molecule has 3 nitrogen and oxygen atoms in total. The number of benzene rings is 3. The highest BCUT2D eigenvalue weighted by atomic mass is 16.5. The lowest BCUT2D eigenvalue weighted by molar-refractivity contribution is -0.0667. The lowest BCUT2D eigenvalue weighted by atomic mass is 10.0. The van der Waals surface area contributed by atoms with Crippen molar-refractivity contribution >= 4 is 0 Å². The quantitative estimate of drug-likeness (QED) is 0.425. The summed E-state index contributed by atoms with van der Waals surface area (Å²) in [5, 5.41) is 0. The smallest absolute Gasteiger partial charge is 0.118 e. The third-order valence-electron chi connectivity index (χ3n) is 4.53. The van der Waals surface area contributed by atoms with Crippen LogP contribution in [0.15, 0.2) is 97.6 Å². The Morgan fingerprint density at radius 3 is 1.79 bits per heavy atom. The van der Waals surface area contributed by atoms with Crippen LogP contribution in [0.2, 0.25) is 0 Å². The van der Waals surface area contributed by atoms with Crippen LogP contribution in [-0.4, -0.2) is 13.2 Å². The Labute approximate surface area is 167 Å². The summed E-state index contributed by atoms with van der Waals surface area (Å²) >= 11 is 0. The Morgan fingerprint density at radius 2 is 1.29 bits per heavy atom. The minimum Gasteiger partial charge on any atom is -0.497 e. The van der Waals surface area contributed by atoms with Crippen molar-refractivity contribution in [2.75, 3.05) is 7.11 Å². The molecule has 3 heteroatoms. The van der Waals surface area contributed by atoms with E-state index in [1.165, 1.54) is 0 Å². The van der Waals surface area contributed by atoms with Gasteiger partial charge in [-0.15, -0.1) is 6.58 Å². The summed E-state index contributed by atoms with van der Waals surface area (Å²) in [5.74, 6) is 0.811. The van der Waals surface area contributed by atoms with E-state index in [0.29, 0.717) is 13.2 Å². The molecule has 0 saturated heterocycles. The highest BCUT2D eigenvalue weighted by Crippen LogP contribution is 2.28. The lowest BCUT2D eigenvalue weighted by Crippen LogP contribution is -2.23. The normalized spacial score (nSPS) is 12.9. The van der Waals surface area contributed by atoms with Gasteiger partial charge in [-0.25, -0.2) is 0 Å². The van der Waals surface area contributed by atoms with Crippen molar-refractivity contribution in [1.29, 1.82) is 0 Å². The first kappa shape index (κ1) is 19.9. The van der Waals surface area contributed by atoms with Crippen LogP contribution in [0.3, 0.4) is 0 Å². The second-order valence-corrected chi connectivity index (χ2v) is 6.49. The Morgan fingerprint density at radius 1 is 0.750 bits per heavy atom. The van der Waals surface area contributed by atoms with Crippen LogP contribution in [-0.2, 0) is 22.7 Å². The fourth-order valence-electron chi connectivity index (χ4n) is 2.98. The van der Waals surface area contributed by atoms with Crippen LogP contribution in [0, 0.1) is 0 Å². The van der Waals surface area contributed by atoms with Gasteiger partial charge in [0.1, 0.15) is 18.0 Å². The zero-order chi connectivity index (χ0) is 19.6. The van der Waals surface area contributed by atoms with E-state index in [0.717, 1.165) is 22.4 Å². The SMILES string of the molecule is C=C[C@H](OCc1ccccc1)[C@@H](OCc1ccccc1)c1ccc(OC)cc1. The molecule has 0 unspecified atom stereocenters. The zero-order valence-electron chi connectivity index (χ0n) is 16.2. The largest absolute Gasteiger partial charge is 0.497 e. The van der Waals surface area contributed by atoms with Gasteiger partial charge >= 0.3 is 0 Å². The molecule has 144 valence electrons. The molecule has 0 amide bonds. The molecule has 0 aliphatic rings. The van der Waals surface area contributed by atoms with E-state index in [-0.39, 0.29) is 12.2 Å². The number of methoxy groups -OCH3 is 1. The summed E-state index contributed by atoms with van der Waals surface area (Å²) in [6, 6.07) is 28.1. The molecule has 0 bridgehead atoms. The third-order valence-corrected chi connectivity index (χ3v) is 4.53. The standard InChI is InChI=1S/C25H26O3/c1-3-24(27-18-20-10-6-4-7-11-20)25(22-14-16-23(26-2)17-15-22)28-19-21-12-8-5-9-13-21/h3-17,24-25H,1,18-19H2,2H3/t24-,25-/m0/s1. The van der Waals surface area contributed by atoms with Crippen LogP contribution >= 0.6 is 0 Å². The lowest BCUT2D eigenvalue weighted by Gasteiger charge is -2.26. The number of rotatable bonds is 10. The first-order valence-corrected chi connectivity index (χ1v) is 9.37. The molecule has 0 saturated carbocycles. The van der Waals surface area contributed by atoms with E-state index in [1.807, 2.05) is 78.9 Å². The van der Waals surface area contributed by atoms with E-state index < -0.39 is 0 Å². The number of hydrogen-bond acceptors (Lipinski definition) is 3. The molecule has 0 heterocycles. The van der Waals surface area contributed by atoms with Crippen LogP contribution in [0.25, 0.3) is 0 Å². The maximum Gasteiger partial charge on any atom is 0.118 e. The summed E-state index contributed by atoms with van der Waals surface area (Å²) < 4.78 is 17.7. The van der Waals surface area contributed by atoms with Gasteiger partial charge in [-0.05, 0) is 28.8 Å². The van der Waals surface area contributed by atoms with Gasteiger partial charge in [-0.1, -0.05) is 78.9 Å². The van der Waals surface area contributed by atoms with Gasteiger partial charge in [0.25, 0.3) is 0 Å². The Hall–Kier alpha value is -2.88. The van der Waals surface area contributed by atoms with Crippen LogP contribution in [0.4, 0.5) is 0 Å². The van der Waals surface area contributed by atoms with Crippen molar-refractivity contribution in [3.8, 4) is 5.75 Å². The second-order valence-electron chi connectivity index (χ2n) is 6.49. The van der Waals surface area contributed by atoms with Gasteiger partial charge in [0.05, 0.1) is 20.3 Å². The van der Waals surface area contributed by atoms with Gasteiger partial charge in [0.2, 0.25) is 0 Å². The Bertz CT molecular complexity index is 829. The molecule has 0 aliphatic carbocycles. The van der Waals surface area contributed by atoms with Gasteiger partial charge in [0.15, 0.2) is 0 Å². The summed E-state index contributed by atoms with van der Waals surface area (Å²) in [5.41, 5.74) is 3.26. The maximum atomic E-state index is 6.29. The molecule has 0 aromatic heterocycles. The molecule has 0 N–H and O–H groups in total. The van der Waals surface area contributed by atoms with Gasteiger partial charge < -0.3 is 14.2 Å². The Kier molecular flexibility index (Phi) is 7.42. The van der Waals surface area contributed by atoms with E-state index in [2.05, 4.69) is 18.7 Å². The van der Waals surface area contributed by atoms with Crippen molar-refractivity contribution in [3.63, 3.8) is 0 Å². The maximum absolute atomic E-state index is 6.29. The third kappa shape index (κ3) is 5.56. The summed E-state index contributed by atoms with van der Waals surface area (Å²) in [6.07, 6.45) is 1.26. The molecule has 0 spiro atoms. The van der Waals surface area contributed by atoms with Crippen LogP contribution < -0.4 is 4.74 Å². The summed E-state index contributed by atoms with van der Waals surface area (Å²) in [6.45, 7) is 4.97. The minimum atomic E-state index is -0.280. The predicted molar refractivity (Wildman–Crippen MR) is 112 cm³/mol. The van der Waals surface area contributed by atoms with Crippen LogP contribution in [0.1, 0.15) is 22.8 Å². The predicted octanol–water partition coefficient (Wildman–Crippen LogP) is 5.72. The average Bonchev–Trinajstić information content (AvgIpc) is 2.77. The van der Waals surface area contributed by atoms with Crippen molar-refractivity contribution in [2.45, 2.75) is 25.4 Å². The summed E-state index contributed by atoms with van der Waals surface area (Å²) in [4.78, 5) is 0. The van der Waals surface area contributed by atoms with Crippen molar-refractivity contribution in [3.05, 3.63) is 114 Å². The van der Waals surface area contributed by atoms with Crippen LogP contribution in [0.5, 0.6) is 5.75 Å². The molecule has 28 heavy (non-hydrogen) atoms. The highest BCUT2D eigenvalue weighted by molar-refractivity contribution is 5.30. The molecule has 3 aromatic rings. The van der Waals surface area contributed by atoms with Crippen molar-refractivity contribution < 1.29 is 14.2 Å². The minimum absolute atomic E-state index is 0.271. The molecule has 2 atom stereocenters. The summed E-state index contributed by atoms with van der Waals surface area (Å²) in [7, 11) is 1.66. The zero-order valence-corrected chi connectivity index (χ0v) is 16.2. The second kappa shape index (κ2) is 10.5. The highest BCUT2D eigenvalue weighted by Gasteiger charge is 2.23. The molecule has 3 rings (SSSR count). The van der Waals surface area contributed by atoms with E-state index in [4.69, 9.17) is 14.2 Å². The van der Waals surface area contributed by atoms with Crippen molar-refractivity contribution in [1.82, 2.24) is 0 Å². The monoisotopic (exact) mass is 374 g/mol. The number of hydrogen-bond donors (Lipinski definition) is 0. The molecule has 0 aliphatic heterocycles. The van der Waals surface area contributed by atoms with Gasteiger partial charge in [-0.2, -0.15) is 0 Å². The first-order chi connectivity index (χ1) is 13.8. The average molecular weight is 374 g/mol. The molecular formula is C25H26O3. The van der Waals surface area contributed by atoms with Crippen molar-refractivity contribution in [2.24, 2.45) is 0 Å². The Balaban J connectivity index is 1.76. The number of ether oxygens (including phenoxy) is 3. The molecule has 0 radical (unpaired) electrons. The van der Waals surface area contributed by atoms with E-state index in [9.17, 15) is 0 Å². The van der Waals surface area contributed by atoms with Gasteiger partial charge in [0, 0.05) is 0 Å². The molecular weight excluding hydrogens is 348 g/mol. The molecule has 0 fully saturated rings. The fraction of sp³-hybridized carbons (Fsp3) is 0.200. The van der Waals surface area contributed by atoms with Gasteiger partial charge in [-0.3, -0.25) is 0 Å². The van der Waals surface area contributed by atoms with E-state index >= 15 is 0 Å². The first-order valence-electron chi connectivity index (χ1n) is 9.37. The topological polar surface area (TPSA) is 27.7 Å². The molecule has 3 aromatic carbocycles. The van der Waals surface area contributed by atoms with E-state index in [1.54, 1.807) is 7.11 Å².